The third-order valence-electron chi connectivity index (χ3n) is 6.72. The molecule has 1 aromatic heterocycles. The molecule has 0 saturated heterocycles. The number of nitrogens with two attached hydrogens (primary N) is 1. The number of benzene rings is 2. The summed E-state index contributed by atoms with van der Waals surface area (Å²) in [5, 5.41) is 28.0. The van der Waals surface area contributed by atoms with Gasteiger partial charge < -0.3 is 36.9 Å². The van der Waals surface area contributed by atoms with Gasteiger partial charge in [0.15, 0.2) is 0 Å². The molecule has 39 heavy (non-hydrogen) atoms. The number of aliphatic carboxylic acids is 1. The molecule has 0 bridgehead atoms. The Morgan fingerprint density at radius 1 is 0.923 bits per heavy atom. The number of phenols is 1. The lowest BCUT2D eigenvalue weighted by atomic mass is 9.96. The molecule has 3 amide bonds. The molecule has 3 rings (SSSR count). The summed E-state index contributed by atoms with van der Waals surface area (Å²) >= 11 is 0. The fourth-order valence-electron chi connectivity index (χ4n) is 4.27. The van der Waals surface area contributed by atoms with Crippen molar-refractivity contribution < 1.29 is 29.4 Å². The van der Waals surface area contributed by atoms with E-state index in [2.05, 4.69) is 20.9 Å². The van der Waals surface area contributed by atoms with Crippen LogP contribution in [0.15, 0.2) is 54.7 Å². The zero-order chi connectivity index (χ0) is 28.5. The Kier molecular flexibility index (Phi) is 10.0. The van der Waals surface area contributed by atoms with Gasteiger partial charge in [0.2, 0.25) is 17.7 Å². The van der Waals surface area contributed by atoms with Crippen molar-refractivity contribution in [3.63, 3.8) is 0 Å². The molecular weight excluding hydrogens is 502 g/mol. The molecule has 0 spiro atoms. The second-order valence-corrected chi connectivity index (χ2v) is 9.53. The third-order valence-corrected chi connectivity index (χ3v) is 6.72. The van der Waals surface area contributed by atoms with E-state index >= 15 is 0 Å². The van der Waals surface area contributed by atoms with Gasteiger partial charge in [-0.25, -0.2) is 4.79 Å². The number of carboxylic acids is 1. The highest BCUT2D eigenvalue weighted by molar-refractivity contribution is 5.94. The molecule has 1 heterocycles. The van der Waals surface area contributed by atoms with Crippen LogP contribution >= 0.6 is 0 Å². The maximum atomic E-state index is 13.4. The first-order chi connectivity index (χ1) is 18.6. The number of carbonyl (C=O) groups is 4. The predicted molar refractivity (Wildman–Crippen MR) is 146 cm³/mol. The smallest absolute Gasteiger partial charge is 0.326 e. The molecule has 4 atom stereocenters. The molecule has 0 aliphatic heterocycles. The molecule has 11 nitrogen and oxygen atoms in total. The summed E-state index contributed by atoms with van der Waals surface area (Å²) in [6.45, 7) is 3.31. The summed E-state index contributed by atoms with van der Waals surface area (Å²) in [7, 11) is 0. The van der Waals surface area contributed by atoms with Crippen LogP contribution in [0.3, 0.4) is 0 Å². The second-order valence-electron chi connectivity index (χ2n) is 9.53. The lowest BCUT2D eigenvalue weighted by Gasteiger charge is -2.27. The average molecular weight is 538 g/mol. The van der Waals surface area contributed by atoms with Crippen LogP contribution in [-0.4, -0.2) is 63.6 Å². The van der Waals surface area contributed by atoms with E-state index in [1.165, 1.54) is 12.1 Å². The number of hydrogen-bond acceptors (Lipinski definition) is 6. The largest absolute Gasteiger partial charge is 0.508 e. The Labute approximate surface area is 226 Å². The number of aromatic hydroxyl groups is 1. The van der Waals surface area contributed by atoms with Crippen molar-refractivity contribution >= 4 is 34.6 Å². The SMILES string of the molecule is CCC(C)C(NC(=O)C(Cc1c[nH]c2ccccc12)NC(=O)CN)C(=O)NC(Cc1ccc(O)cc1)C(=O)O. The first-order valence-electron chi connectivity index (χ1n) is 12.8. The second kappa shape index (κ2) is 13.4. The molecule has 0 aliphatic carbocycles. The molecule has 0 aliphatic rings. The lowest BCUT2D eigenvalue weighted by molar-refractivity contribution is -0.142. The molecular formula is C28H35N5O6. The molecule has 0 saturated carbocycles. The van der Waals surface area contributed by atoms with Crippen molar-refractivity contribution in [1.82, 2.24) is 20.9 Å². The summed E-state index contributed by atoms with van der Waals surface area (Å²) in [5.41, 5.74) is 7.75. The van der Waals surface area contributed by atoms with E-state index in [0.29, 0.717) is 12.0 Å². The summed E-state index contributed by atoms with van der Waals surface area (Å²) < 4.78 is 0. The lowest BCUT2D eigenvalue weighted by Crippen LogP contribution is -2.58. The van der Waals surface area contributed by atoms with Crippen LogP contribution in [0, 0.1) is 5.92 Å². The monoisotopic (exact) mass is 537 g/mol. The average Bonchev–Trinajstić information content (AvgIpc) is 3.34. The fourth-order valence-corrected chi connectivity index (χ4v) is 4.27. The van der Waals surface area contributed by atoms with Gasteiger partial charge >= 0.3 is 5.97 Å². The van der Waals surface area contributed by atoms with Crippen molar-refractivity contribution in [1.29, 1.82) is 0 Å². The highest BCUT2D eigenvalue weighted by atomic mass is 16.4. The van der Waals surface area contributed by atoms with Gasteiger partial charge in [-0.15, -0.1) is 0 Å². The van der Waals surface area contributed by atoms with Gasteiger partial charge in [0.05, 0.1) is 6.54 Å². The molecule has 4 unspecified atom stereocenters. The fraction of sp³-hybridized carbons (Fsp3) is 0.357. The number of aromatic nitrogens is 1. The molecule has 11 heteroatoms. The number of fused-ring (bicyclic) bond motifs is 1. The standard InChI is InChI=1S/C28H35N5O6/c1-3-16(2)25(27(37)32-23(28(38)39)12-17-8-10-19(34)11-9-17)33-26(36)22(31-24(35)14-29)13-18-15-30-21-7-5-4-6-20(18)21/h4-11,15-16,22-23,25,30,34H,3,12-14,29H2,1-2H3,(H,31,35)(H,32,37)(H,33,36)(H,38,39). The number of aromatic amines is 1. The van der Waals surface area contributed by atoms with Crippen molar-refractivity contribution in [2.24, 2.45) is 11.7 Å². The summed E-state index contributed by atoms with van der Waals surface area (Å²) in [4.78, 5) is 53.9. The van der Waals surface area contributed by atoms with Crippen LogP contribution in [0.2, 0.25) is 0 Å². The number of carbonyl (C=O) groups excluding carboxylic acids is 3. The molecule has 2 aromatic carbocycles. The Bertz CT molecular complexity index is 1310. The van der Waals surface area contributed by atoms with Gasteiger partial charge in [-0.1, -0.05) is 50.6 Å². The van der Waals surface area contributed by atoms with Gasteiger partial charge in [-0.3, -0.25) is 14.4 Å². The first-order valence-corrected chi connectivity index (χ1v) is 12.8. The minimum atomic E-state index is -1.26. The molecule has 0 radical (unpaired) electrons. The number of nitrogens with one attached hydrogen (secondary N) is 4. The Hall–Kier alpha value is -4.38. The van der Waals surface area contributed by atoms with Gasteiger partial charge in [-0.2, -0.15) is 0 Å². The Balaban J connectivity index is 1.79. The number of para-hydroxylation sites is 1. The zero-order valence-electron chi connectivity index (χ0n) is 21.9. The van der Waals surface area contributed by atoms with Crippen LogP contribution < -0.4 is 21.7 Å². The number of phenolic OH excluding ortho intramolecular Hbond substituents is 1. The Morgan fingerprint density at radius 3 is 2.26 bits per heavy atom. The number of carboxylic acid groups (broad SMARTS) is 1. The quantitative estimate of drug-likeness (QED) is 0.171. The van der Waals surface area contributed by atoms with Crippen LogP contribution in [0.4, 0.5) is 0 Å². The predicted octanol–water partition coefficient (Wildman–Crippen LogP) is 1.20. The normalized spacial score (nSPS) is 14.1. The van der Waals surface area contributed by atoms with E-state index in [0.717, 1.165) is 16.5 Å². The zero-order valence-corrected chi connectivity index (χ0v) is 21.9. The molecule has 3 aromatic rings. The van der Waals surface area contributed by atoms with Crippen LogP contribution in [0.5, 0.6) is 5.75 Å². The van der Waals surface area contributed by atoms with Crippen molar-refractivity contribution in [3.05, 3.63) is 65.9 Å². The Morgan fingerprint density at radius 2 is 1.62 bits per heavy atom. The number of rotatable bonds is 13. The van der Waals surface area contributed by atoms with Gasteiger partial charge in [0, 0.05) is 29.9 Å². The van der Waals surface area contributed by atoms with E-state index in [9.17, 15) is 29.4 Å². The third kappa shape index (κ3) is 7.81. The van der Waals surface area contributed by atoms with Crippen molar-refractivity contribution in [2.75, 3.05) is 6.54 Å². The number of amides is 3. The van der Waals surface area contributed by atoms with E-state index in [1.54, 1.807) is 25.3 Å². The summed E-state index contributed by atoms with van der Waals surface area (Å²) in [6.07, 6.45) is 2.42. The summed E-state index contributed by atoms with van der Waals surface area (Å²) in [5.74, 6) is -3.31. The van der Waals surface area contributed by atoms with Crippen LogP contribution in [0.1, 0.15) is 31.4 Å². The molecule has 8 N–H and O–H groups in total. The van der Waals surface area contributed by atoms with Gasteiger partial charge in [0.25, 0.3) is 0 Å². The van der Waals surface area contributed by atoms with Crippen LogP contribution in [-0.2, 0) is 32.0 Å². The minimum absolute atomic E-state index is 0.0156. The minimum Gasteiger partial charge on any atom is -0.508 e. The van der Waals surface area contributed by atoms with Crippen molar-refractivity contribution in [2.45, 2.75) is 51.2 Å². The van der Waals surface area contributed by atoms with E-state index in [1.807, 2.05) is 31.2 Å². The first kappa shape index (κ1) is 29.2. The number of hydrogen-bond donors (Lipinski definition) is 7. The van der Waals surface area contributed by atoms with E-state index in [-0.39, 0.29) is 31.1 Å². The maximum Gasteiger partial charge on any atom is 0.326 e. The highest BCUT2D eigenvalue weighted by Crippen LogP contribution is 2.20. The highest BCUT2D eigenvalue weighted by Gasteiger charge is 2.32. The van der Waals surface area contributed by atoms with E-state index in [4.69, 9.17) is 5.73 Å². The maximum absolute atomic E-state index is 13.4. The van der Waals surface area contributed by atoms with Crippen molar-refractivity contribution in [3.8, 4) is 5.75 Å². The number of H-pyrrole nitrogens is 1. The van der Waals surface area contributed by atoms with Gasteiger partial charge in [0.1, 0.15) is 23.9 Å². The molecule has 0 fully saturated rings. The molecule has 208 valence electrons. The summed E-state index contributed by atoms with van der Waals surface area (Å²) in [6, 6.07) is 10.2. The van der Waals surface area contributed by atoms with E-state index < -0.39 is 41.8 Å². The topological polar surface area (TPSA) is 187 Å². The van der Waals surface area contributed by atoms with Crippen LogP contribution in [0.25, 0.3) is 10.9 Å². The van der Waals surface area contributed by atoms with Gasteiger partial charge in [-0.05, 0) is 35.2 Å².